The van der Waals surface area contributed by atoms with E-state index in [9.17, 15) is 22.8 Å². The average molecular weight is 421 g/mol. The van der Waals surface area contributed by atoms with Gasteiger partial charge in [0, 0.05) is 36.0 Å². The molecule has 7 nitrogen and oxygen atoms in total. The molecule has 0 bridgehead atoms. The first-order chi connectivity index (χ1) is 14.3. The molecule has 3 aromatic rings. The lowest BCUT2D eigenvalue weighted by molar-refractivity contribution is -0.274. The molecule has 1 aromatic carbocycles. The molecule has 0 aliphatic heterocycles. The number of halogens is 3. The second-order valence-electron chi connectivity index (χ2n) is 6.45. The van der Waals surface area contributed by atoms with Crippen LogP contribution in [0.25, 0.3) is 0 Å². The van der Waals surface area contributed by atoms with Crippen molar-refractivity contribution in [3.8, 4) is 5.75 Å². The van der Waals surface area contributed by atoms with Crippen molar-refractivity contribution < 1.29 is 27.4 Å². The van der Waals surface area contributed by atoms with Crippen LogP contribution in [0.15, 0.2) is 53.6 Å². The van der Waals surface area contributed by atoms with Crippen LogP contribution in [0.3, 0.4) is 0 Å². The highest BCUT2D eigenvalue weighted by molar-refractivity contribution is 5.71. The molecule has 0 saturated heterocycles. The highest BCUT2D eigenvalue weighted by Gasteiger charge is 2.31. The maximum Gasteiger partial charge on any atom is 0.573 e. The van der Waals surface area contributed by atoms with Crippen molar-refractivity contribution in [2.24, 2.45) is 0 Å². The number of aromatic nitrogens is 3. The number of hydrogen-bond donors (Lipinski definition) is 2. The predicted molar refractivity (Wildman–Crippen MR) is 100 cm³/mol. The summed E-state index contributed by atoms with van der Waals surface area (Å²) in [5.74, 6) is -1.41. The first kappa shape index (κ1) is 21.2. The lowest BCUT2D eigenvalue weighted by Crippen LogP contribution is -2.18. The van der Waals surface area contributed by atoms with E-state index in [-0.39, 0.29) is 18.6 Å². The summed E-state index contributed by atoms with van der Waals surface area (Å²) >= 11 is 0. The minimum atomic E-state index is -4.77. The minimum Gasteiger partial charge on any atom is -0.469 e. The Bertz CT molecular complexity index is 1040. The number of nitrogens with zero attached hydrogens (tertiary/aromatic N) is 1. The summed E-state index contributed by atoms with van der Waals surface area (Å²) in [6.45, 7) is 0. The molecule has 10 heteroatoms. The van der Waals surface area contributed by atoms with E-state index in [1.54, 1.807) is 24.5 Å². The predicted octanol–water partition coefficient (Wildman–Crippen LogP) is 3.28. The smallest absolute Gasteiger partial charge is 0.469 e. The van der Waals surface area contributed by atoms with Gasteiger partial charge in [-0.1, -0.05) is 12.1 Å². The molecule has 3 rings (SSSR count). The fourth-order valence-electron chi connectivity index (χ4n) is 3.16. The maximum atomic E-state index is 12.5. The monoisotopic (exact) mass is 421 g/mol. The van der Waals surface area contributed by atoms with Crippen LogP contribution in [0, 0.1) is 0 Å². The molecule has 0 unspecified atom stereocenters. The van der Waals surface area contributed by atoms with E-state index in [0.717, 1.165) is 0 Å². The molecule has 0 amide bonds. The van der Waals surface area contributed by atoms with Gasteiger partial charge in [-0.2, -0.15) is 0 Å². The quantitative estimate of drug-likeness (QED) is 0.571. The van der Waals surface area contributed by atoms with Gasteiger partial charge in [0.15, 0.2) is 0 Å². The van der Waals surface area contributed by atoms with Gasteiger partial charge in [-0.25, -0.2) is 0 Å². The third-order valence-electron chi connectivity index (χ3n) is 4.49. The molecule has 0 saturated carbocycles. The Kier molecular flexibility index (Phi) is 6.24. The number of benzene rings is 1. The number of carbonyl (C=O) groups excluding carboxylic acids is 1. The van der Waals surface area contributed by atoms with Gasteiger partial charge in [0.1, 0.15) is 5.75 Å². The van der Waals surface area contributed by atoms with Crippen molar-refractivity contribution in [1.29, 1.82) is 0 Å². The van der Waals surface area contributed by atoms with Crippen molar-refractivity contribution in [1.82, 2.24) is 15.2 Å². The number of methoxy groups -OCH3 is 1. The molecular weight excluding hydrogens is 403 g/mol. The van der Waals surface area contributed by atoms with Crippen LogP contribution >= 0.6 is 0 Å². The van der Waals surface area contributed by atoms with Crippen LogP contribution in [-0.2, 0) is 16.0 Å². The van der Waals surface area contributed by atoms with Gasteiger partial charge in [-0.3, -0.25) is 19.7 Å². The fraction of sp³-hybridized carbons (Fsp3) is 0.250. The van der Waals surface area contributed by atoms with E-state index in [0.29, 0.717) is 22.4 Å². The van der Waals surface area contributed by atoms with Gasteiger partial charge >= 0.3 is 12.3 Å². The van der Waals surface area contributed by atoms with E-state index in [1.807, 2.05) is 0 Å². The van der Waals surface area contributed by atoms with Gasteiger partial charge < -0.3 is 14.6 Å². The number of carbonyl (C=O) groups is 1. The molecular formula is C20H18F3N3O4. The van der Waals surface area contributed by atoms with E-state index < -0.39 is 23.8 Å². The minimum absolute atomic E-state index is 0.0627. The Morgan fingerprint density at radius 1 is 1.10 bits per heavy atom. The Labute approximate surface area is 168 Å². The lowest BCUT2D eigenvalue weighted by Gasteiger charge is -2.16. The SMILES string of the molecule is COC(=O)C[C@H](c1ccncc1)c1c(Cc2ccc(OC(F)(F)F)cc2)[nH][nH]c1=O. The molecule has 0 spiro atoms. The number of hydrogen-bond acceptors (Lipinski definition) is 5. The zero-order valence-corrected chi connectivity index (χ0v) is 15.8. The molecule has 0 fully saturated rings. The van der Waals surface area contributed by atoms with E-state index in [2.05, 4.69) is 19.9 Å². The van der Waals surface area contributed by atoms with Gasteiger partial charge in [-0.15, -0.1) is 13.2 Å². The standard InChI is InChI=1S/C20H18F3N3O4/c1-29-17(27)11-15(13-6-8-24-9-7-13)18-16(25-26-19(18)28)10-12-2-4-14(5-3-12)30-20(21,22)23/h2-9,15H,10-11H2,1H3,(H2,25,26,28)/t15-/m1/s1. The van der Waals surface area contributed by atoms with Crippen LogP contribution in [0.2, 0.25) is 0 Å². The Balaban J connectivity index is 1.91. The first-order valence-corrected chi connectivity index (χ1v) is 8.87. The van der Waals surface area contributed by atoms with Crippen molar-refractivity contribution in [2.75, 3.05) is 7.11 Å². The summed E-state index contributed by atoms with van der Waals surface area (Å²) in [5, 5.41) is 5.32. The summed E-state index contributed by atoms with van der Waals surface area (Å²) in [4.78, 5) is 28.4. The molecule has 0 aliphatic rings. The summed E-state index contributed by atoms with van der Waals surface area (Å²) in [6.07, 6.45) is -1.50. The molecule has 2 aromatic heterocycles. The van der Waals surface area contributed by atoms with Crippen molar-refractivity contribution in [3.05, 3.63) is 81.5 Å². The molecule has 2 heterocycles. The number of ether oxygens (including phenoxy) is 2. The molecule has 158 valence electrons. The lowest BCUT2D eigenvalue weighted by atomic mass is 9.88. The number of aromatic amines is 2. The van der Waals surface area contributed by atoms with Crippen LogP contribution < -0.4 is 10.3 Å². The van der Waals surface area contributed by atoms with Crippen molar-refractivity contribution in [3.63, 3.8) is 0 Å². The second kappa shape index (κ2) is 8.85. The van der Waals surface area contributed by atoms with Crippen molar-refractivity contribution >= 4 is 5.97 Å². The summed E-state index contributed by atoms with van der Waals surface area (Å²) in [5.41, 5.74) is 1.81. The van der Waals surface area contributed by atoms with Gasteiger partial charge in [0.05, 0.1) is 13.5 Å². The van der Waals surface area contributed by atoms with Crippen LogP contribution in [0.4, 0.5) is 13.2 Å². The zero-order chi connectivity index (χ0) is 21.7. The Morgan fingerprint density at radius 3 is 2.37 bits per heavy atom. The average Bonchev–Trinajstić information content (AvgIpc) is 3.07. The number of pyridine rings is 1. The zero-order valence-electron chi connectivity index (χ0n) is 15.8. The third-order valence-corrected chi connectivity index (χ3v) is 4.49. The number of alkyl halides is 3. The number of H-pyrrole nitrogens is 2. The van der Waals surface area contributed by atoms with Gasteiger partial charge in [0.25, 0.3) is 5.56 Å². The largest absolute Gasteiger partial charge is 0.573 e. The molecule has 1 atom stereocenters. The number of rotatable bonds is 7. The molecule has 2 N–H and O–H groups in total. The maximum absolute atomic E-state index is 12.5. The normalized spacial score (nSPS) is 12.4. The topological polar surface area (TPSA) is 97.1 Å². The van der Waals surface area contributed by atoms with E-state index in [1.165, 1.54) is 31.4 Å². The summed E-state index contributed by atoms with van der Waals surface area (Å²) in [6, 6.07) is 8.74. The van der Waals surface area contributed by atoms with Crippen LogP contribution in [0.1, 0.15) is 34.7 Å². The molecule has 30 heavy (non-hydrogen) atoms. The Hall–Kier alpha value is -3.56. The van der Waals surface area contributed by atoms with E-state index in [4.69, 9.17) is 4.74 Å². The van der Waals surface area contributed by atoms with Crippen LogP contribution in [-0.4, -0.2) is 34.6 Å². The Morgan fingerprint density at radius 2 is 1.77 bits per heavy atom. The van der Waals surface area contributed by atoms with Gasteiger partial charge in [0.2, 0.25) is 0 Å². The fourth-order valence-corrected chi connectivity index (χ4v) is 3.16. The summed E-state index contributed by atoms with van der Waals surface area (Å²) in [7, 11) is 1.26. The number of nitrogens with one attached hydrogen (secondary N) is 2. The molecule has 0 aliphatic carbocycles. The summed E-state index contributed by atoms with van der Waals surface area (Å²) < 4.78 is 45.6. The second-order valence-corrected chi connectivity index (χ2v) is 6.45. The highest BCUT2D eigenvalue weighted by atomic mass is 19.4. The van der Waals surface area contributed by atoms with Crippen LogP contribution in [0.5, 0.6) is 5.75 Å². The number of esters is 1. The van der Waals surface area contributed by atoms with Gasteiger partial charge in [-0.05, 0) is 35.4 Å². The highest BCUT2D eigenvalue weighted by Crippen LogP contribution is 2.29. The third kappa shape index (κ3) is 5.28. The first-order valence-electron chi connectivity index (χ1n) is 8.87. The molecule has 0 radical (unpaired) electrons. The van der Waals surface area contributed by atoms with E-state index >= 15 is 0 Å². The van der Waals surface area contributed by atoms with Crippen molar-refractivity contribution in [2.45, 2.75) is 25.1 Å².